The lowest BCUT2D eigenvalue weighted by Crippen LogP contribution is -2.27. The minimum atomic E-state index is -0.490. The molecule has 0 radical (unpaired) electrons. The first kappa shape index (κ1) is 19.7. The van der Waals surface area contributed by atoms with E-state index in [2.05, 4.69) is 5.10 Å². The Morgan fingerprint density at radius 2 is 1.93 bits per heavy atom. The predicted octanol–water partition coefficient (Wildman–Crippen LogP) is 3.37. The van der Waals surface area contributed by atoms with Gasteiger partial charge in [0, 0.05) is 25.4 Å². The number of benzene rings is 2. The highest BCUT2D eigenvalue weighted by atomic mass is 16.5. The average molecular weight is 405 g/mol. The molecule has 1 fully saturated rings. The number of aromatic nitrogens is 2. The summed E-state index contributed by atoms with van der Waals surface area (Å²) in [7, 11) is 0. The molecule has 3 aromatic rings. The van der Waals surface area contributed by atoms with Gasteiger partial charge < -0.3 is 14.4 Å². The molecular weight excluding hydrogens is 382 g/mol. The molecule has 0 spiro atoms. The number of hydrogen-bond acceptors (Lipinski definition) is 5. The van der Waals surface area contributed by atoms with E-state index in [-0.39, 0.29) is 24.9 Å². The van der Waals surface area contributed by atoms with E-state index in [0.29, 0.717) is 24.6 Å². The Bertz CT molecular complexity index is 1020. The van der Waals surface area contributed by atoms with Gasteiger partial charge in [-0.1, -0.05) is 24.3 Å². The van der Waals surface area contributed by atoms with E-state index in [1.165, 1.54) is 0 Å². The van der Waals surface area contributed by atoms with Gasteiger partial charge in [-0.2, -0.15) is 5.10 Å². The summed E-state index contributed by atoms with van der Waals surface area (Å²) in [6, 6.07) is 16.9. The SMILES string of the molecule is CCOc1ccccc1N1CC(C(=O)OCc2ccc(-n3cccn3)cc2)CC1=O. The smallest absolute Gasteiger partial charge is 0.311 e. The summed E-state index contributed by atoms with van der Waals surface area (Å²) >= 11 is 0. The summed E-state index contributed by atoms with van der Waals surface area (Å²) in [6.45, 7) is 2.85. The first-order chi connectivity index (χ1) is 14.7. The van der Waals surface area contributed by atoms with Crippen molar-refractivity contribution >= 4 is 17.6 Å². The number of ether oxygens (including phenoxy) is 2. The molecule has 1 aromatic heterocycles. The van der Waals surface area contributed by atoms with Gasteiger partial charge in [-0.15, -0.1) is 0 Å². The molecule has 2 heterocycles. The molecule has 1 aliphatic rings. The molecule has 7 heteroatoms. The Morgan fingerprint density at radius 3 is 2.67 bits per heavy atom. The minimum absolute atomic E-state index is 0.104. The third kappa shape index (κ3) is 4.20. The van der Waals surface area contributed by atoms with Crippen LogP contribution in [0.25, 0.3) is 5.69 Å². The molecule has 7 nitrogen and oxygen atoms in total. The van der Waals surface area contributed by atoms with Crippen molar-refractivity contribution in [2.45, 2.75) is 20.0 Å². The Labute approximate surface area is 174 Å². The second-order valence-corrected chi connectivity index (χ2v) is 7.03. The van der Waals surface area contributed by atoms with E-state index in [4.69, 9.17) is 9.47 Å². The van der Waals surface area contributed by atoms with Crippen LogP contribution in [0.1, 0.15) is 18.9 Å². The second-order valence-electron chi connectivity index (χ2n) is 7.03. The van der Waals surface area contributed by atoms with E-state index < -0.39 is 5.92 Å². The van der Waals surface area contributed by atoms with Gasteiger partial charge >= 0.3 is 5.97 Å². The fourth-order valence-corrected chi connectivity index (χ4v) is 3.49. The van der Waals surface area contributed by atoms with Gasteiger partial charge in [-0.25, -0.2) is 4.68 Å². The van der Waals surface area contributed by atoms with Crippen LogP contribution < -0.4 is 9.64 Å². The van der Waals surface area contributed by atoms with Gasteiger partial charge in [-0.05, 0) is 42.8 Å². The molecule has 0 bridgehead atoms. The van der Waals surface area contributed by atoms with Crippen LogP contribution in [0, 0.1) is 5.92 Å². The summed E-state index contributed by atoms with van der Waals surface area (Å²) in [6.07, 6.45) is 3.72. The third-order valence-corrected chi connectivity index (χ3v) is 5.00. The molecule has 1 aliphatic heterocycles. The standard InChI is InChI=1S/C23H23N3O4/c1-2-29-21-7-4-3-6-20(21)25-15-18(14-22(25)27)23(28)30-16-17-8-10-19(11-9-17)26-13-5-12-24-26/h3-13,18H,2,14-16H2,1H3. The van der Waals surface area contributed by atoms with Crippen molar-refractivity contribution < 1.29 is 19.1 Å². The normalized spacial score (nSPS) is 16.0. The molecule has 4 rings (SSSR count). The molecule has 0 N–H and O–H groups in total. The van der Waals surface area contributed by atoms with Crippen LogP contribution in [0.4, 0.5) is 5.69 Å². The zero-order valence-corrected chi connectivity index (χ0v) is 16.7. The molecule has 0 aliphatic carbocycles. The molecule has 30 heavy (non-hydrogen) atoms. The maximum atomic E-state index is 12.6. The average Bonchev–Trinajstić information content (AvgIpc) is 3.43. The van der Waals surface area contributed by atoms with Crippen LogP contribution in [-0.2, 0) is 20.9 Å². The summed E-state index contributed by atoms with van der Waals surface area (Å²) in [5, 5.41) is 4.19. The summed E-state index contributed by atoms with van der Waals surface area (Å²) in [5.74, 6) is -0.321. The van der Waals surface area contributed by atoms with E-state index in [9.17, 15) is 9.59 Å². The van der Waals surface area contributed by atoms with Gasteiger partial charge in [-0.3, -0.25) is 9.59 Å². The van der Waals surface area contributed by atoms with Gasteiger partial charge in [0.05, 0.1) is 23.9 Å². The van der Waals surface area contributed by atoms with Gasteiger partial charge in [0.2, 0.25) is 5.91 Å². The molecule has 154 valence electrons. The topological polar surface area (TPSA) is 73.7 Å². The first-order valence-electron chi connectivity index (χ1n) is 9.93. The lowest BCUT2D eigenvalue weighted by atomic mass is 10.1. The maximum absolute atomic E-state index is 12.6. The number of carbonyl (C=O) groups excluding carboxylic acids is 2. The van der Waals surface area contributed by atoms with Crippen molar-refractivity contribution in [2.24, 2.45) is 5.92 Å². The van der Waals surface area contributed by atoms with E-state index in [0.717, 1.165) is 11.3 Å². The van der Waals surface area contributed by atoms with Gasteiger partial charge in [0.25, 0.3) is 0 Å². The Morgan fingerprint density at radius 1 is 1.13 bits per heavy atom. The second kappa shape index (κ2) is 8.82. The van der Waals surface area contributed by atoms with Crippen LogP contribution in [-0.4, -0.2) is 34.8 Å². The van der Waals surface area contributed by atoms with E-state index in [1.54, 1.807) is 15.8 Å². The molecule has 2 aromatic carbocycles. The zero-order chi connectivity index (χ0) is 20.9. The van der Waals surface area contributed by atoms with Crippen molar-refractivity contribution in [1.82, 2.24) is 9.78 Å². The molecule has 1 unspecified atom stereocenters. The quantitative estimate of drug-likeness (QED) is 0.564. The number of hydrogen-bond donors (Lipinski definition) is 0. The van der Waals surface area contributed by atoms with Crippen molar-refractivity contribution in [3.8, 4) is 11.4 Å². The Balaban J connectivity index is 1.36. The number of carbonyl (C=O) groups is 2. The Kier molecular flexibility index (Phi) is 5.79. The third-order valence-electron chi connectivity index (χ3n) is 5.00. The van der Waals surface area contributed by atoms with Crippen molar-refractivity contribution in [1.29, 1.82) is 0 Å². The van der Waals surface area contributed by atoms with Crippen LogP contribution in [0.15, 0.2) is 67.0 Å². The summed E-state index contributed by atoms with van der Waals surface area (Å²) < 4.78 is 12.9. The predicted molar refractivity (Wildman–Crippen MR) is 111 cm³/mol. The molecule has 1 saturated heterocycles. The fraction of sp³-hybridized carbons (Fsp3) is 0.261. The number of nitrogens with zero attached hydrogens (tertiary/aromatic N) is 3. The van der Waals surface area contributed by atoms with Crippen molar-refractivity contribution in [2.75, 3.05) is 18.1 Å². The molecule has 1 amide bonds. The Hall–Kier alpha value is -3.61. The van der Waals surface area contributed by atoms with Crippen molar-refractivity contribution in [3.05, 3.63) is 72.6 Å². The van der Waals surface area contributed by atoms with Crippen LogP contribution in [0.2, 0.25) is 0 Å². The van der Waals surface area contributed by atoms with Crippen LogP contribution in [0.5, 0.6) is 5.75 Å². The van der Waals surface area contributed by atoms with Gasteiger partial charge in [0.15, 0.2) is 0 Å². The number of rotatable bonds is 7. The largest absolute Gasteiger partial charge is 0.492 e. The molecule has 0 saturated carbocycles. The summed E-state index contributed by atoms with van der Waals surface area (Å²) in [5.41, 5.74) is 2.50. The minimum Gasteiger partial charge on any atom is -0.492 e. The summed E-state index contributed by atoms with van der Waals surface area (Å²) in [4.78, 5) is 26.7. The number of amides is 1. The molecule has 1 atom stereocenters. The van der Waals surface area contributed by atoms with E-state index >= 15 is 0 Å². The van der Waals surface area contributed by atoms with E-state index in [1.807, 2.05) is 67.7 Å². The zero-order valence-electron chi connectivity index (χ0n) is 16.7. The number of para-hydroxylation sites is 2. The van der Waals surface area contributed by atoms with Crippen LogP contribution >= 0.6 is 0 Å². The highest BCUT2D eigenvalue weighted by Crippen LogP contribution is 2.33. The number of esters is 1. The monoisotopic (exact) mass is 405 g/mol. The fourth-order valence-electron chi connectivity index (χ4n) is 3.49. The molecular formula is C23H23N3O4. The maximum Gasteiger partial charge on any atom is 0.311 e. The lowest BCUT2D eigenvalue weighted by Gasteiger charge is -2.20. The highest BCUT2D eigenvalue weighted by Gasteiger charge is 2.37. The number of anilines is 1. The lowest BCUT2D eigenvalue weighted by molar-refractivity contribution is -0.149. The van der Waals surface area contributed by atoms with Gasteiger partial charge in [0.1, 0.15) is 12.4 Å². The highest BCUT2D eigenvalue weighted by molar-refractivity contribution is 6.00. The van der Waals surface area contributed by atoms with Crippen LogP contribution in [0.3, 0.4) is 0 Å². The van der Waals surface area contributed by atoms with Crippen molar-refractivity contribution in [3.63, 3.8) is 0 Å². The first-order valence-corrected chi connectivity index (χ1v) is 9.93.